The van der Waals surface area contributed by atoms with Crippen molar-refractivity contribution in [3.63, 3.8) is 0 Å². The second kappa shape index (κ2) is 7.42. The van der Waals surface area contributed by atoms with Crippen molar-refractivity contribution in [1.82, 2.24) is 0 Å². The fourth-order valence-corrected chi connectivity index (χ4v) is 5.48. The number of ether oxygens (including phenoxy) is 3. The molecule has 2 saturated carbocycles. The fraction of sp³-hybridized carbons (Fsp3) is 1.00. The Bertz CT molecular complexity index is 364. The molecule has 1 heterocycles. The molecule has 4 heteroatoms. The van der Waals surface area contributed by atoms with Crippen LogP contribution in [0, 0.1) is 17.8 Å². The number of hydrogen-bond acceptors (Lipinski definition) is 4. The van der Waals surface area contributed by atoms with Gasteiger partial charge in [-0.3, -0.25) is 0 Å². The van der Waals surface area contributed by atoms with Gasteiger partial charge in [-0.25, -0.2) is 0 Å². The number of hydrogen-bond donors (Lipinski definition) is 1. The van der Waals surface area contributed by atoms with E-state index >= 15 is 0 Å². The number of fused-ring (bicyclic) bond motifs is 3. The van der Waals surface area contributed by atoms with Crippen LogP contribution in [0.4, 0.5) is 0 Å². The van der Waals surface area contributed by atoms with Gasteiger partial charge in [0.25, 0.3) is 0 Å². The van der Waals surface area contributed by atoms with Crippen LogP contribution in [0.15, 0.2) is 0 Å². The van der Waals surface area contributed by atoms with Gasteiger partial charge in [-0.2, -0.15) is 12.6 Å². The summed E-state index contributed by atoms with van der Waals surface area (Å²) in [4.78, 5) is 0. The molecule has 1 saturated heterocycles. The van der Waals surface area contributed by atoms with E-state index in [-0.39, 0.29) is 17.5 Å². The first kappa shape index (κ1) is 17.1. The third-order valence-electron chi connectivity index (χ3n) is 6.23. The molecule has 3 nitrogen and oxygen atoms in total. The van der Waals surface area contributed by atoms with Crippen molar-refractivity contribution in [2.24, 2.45) is 17.8 Å². The zero-order valence-corrected chi connectivity index (χ0v) is 15.1. The van der Waals surface area contributed by atoms with Crippen LogP contribution < -0.4 is 0 Å². The fourth-order valence-electron chi connectivity index (χ4n) is 4.92. The van der Waals surface area contributed by atoms with Crippen LogP contribution in [0.5, 0.6) is 0 Å². The first-order valence-corrected chi connectivity index (χ1v) is 9.67. The van der Waals surface area contributed by atoms with Crippen molar-refractivity contribution in [2.75, 3.05) is 13.7 Å². The van der Waals surface area contributed by atoms with Crippen molar-refractivity contribution in [3.8, 4) is 0 Å². The van der Waals surface area contributed by atoms with Gasteiger partial charge in [0.15, 0.2) is 0 Å². The molecule has 0 N–H and O–H groups in total. The normalized spacial score (nSPS) is 48.0. The molecule has 1 aliphatic heterocycles. The molecular formula is C18H32O3S. The minimum Gasteiger partial charge on any atom is -0.380 e. The van der Waals surface area contributed by atoms with E-state index in [0.29, 0.717) is 30.0 Å². The van der Waals surface area contributed by atoms with Crippen LogP contribution >= 0.6 is 12.6 Å². The van der Waals surface area contributed by atoms with Crippen molar-refractivity contribution in [3.05, 3.63) is 0 Å². The molecule has 3 fully saturated rings. The number of unbranched alkanes of at least 4 members (excludes halogenated alkanes) is 1. The number of rotatable bonds is 5. The first-order valence-electron chi connectivity index (χ1n) is 9.15. The Hall–Kier alpha value is 0.230. The van der Waals surface area contributed by atoms with Gasteiger partial charge in [0.2, 0.25) is 0 Å². The van der Waals surface area contributed by atoms with E-state index in [1.807, 2.05) is 0 Å². The Morgan fingerprint density at radius 2 is 1.73 bits per heavy atom. The van der Waals surface area contributed by atoms with Crippen molar-refractivity contribution < 1.29 is 14.2 Å². The predicted octanol–water partition coefficient (Wildman–Crippen LogP) is 3.71. The lowest BCUT2D eigenvalue weighted by molar-refractivity contribution is -0.0941. The lowest BCUT2D eigenvalue weighted by atomic mass is 9.69. The van der Waals surface area contributed by atoms with Crippen molar-refractivity contribution in [1.29, 1.82) is 0 Å². The zero-order chi connectivity index (χ0) is 15.7. The maximum atomic E-state index is 6.53. The maximum Gasteiger partial charge on any atom is 0.0752 e. The lowest BCUT2D eigenvalue weighted by Crippen LogP contribution is -2.43. The van der Waals surface area contributed by atoms with Crippen LogP contribution in [0.2, 0.25) is 0 Å². The zero-order valence-electron chi connectivity index (χ0n) is 14.2. The van der Waals surface area contributed by atoms with Gasteiger partial charge >= 0.3 is 0 Å². The first-order chi connectivity index (χ1) is 10.7. The van der Waals surface area contributed by atoms with Gasteiger partial charge in [0.1, 0.15) is 0 Å². The number of thiol groups is 1. The third kappa shape index (κ3) is 3.09. The summed E-state index contributed by atoms with van der Waals surface area (Å²) in [5.41, 5.74) is 0. The van der Waals surface area contributed by atoms with Gasteiger partial charge in [-0.15, -0.1) is 0 Å². The molecule has 128 valence electrons. The second-order valence-electron chi connectivity index (χ2n) is 7.43. The van der Waals surface area contributed by atoms with E-state index in [1.54, 1.807) is 7.11 Å². The largest absolute Gasteiger partial charge is 0.380 e. The molecule has 22 heavy (non-hydrogen) atoms. The van der Waals surface area contributed by atoms with E-state index in [2.05, 4.69) is 13.8 Å². The van der Waals surface area contributed by atoms with E-state index in [4.69, 9.17) is 26.8 Å². The topological polar surface area (TPSA) is 27.7 Å². The van der Waals surface area contributed by atoms with E-state index in [0.717, 1.165) is 19.4 Å². The van der Waals surface area contributed by atoms with E-state index < -0.39 is 0 Å². The van der Waals surface area contributed by atoms with Gasteiger partial charge in [0, 0.05) is 19.6 Å². The van der Waals surface area contributed by atoms with Gasteiger partial charge in [-0.1, -0.05) is 20.3 Å². The Kier molecular flexibility index (Phi) is 5.75. The van der Waals surface area contributed by atoms with E-state index in [9.17, 15) is 0 Å². The number of methoxy groups -OCH3 is 1. The molecule has 3 rings (SSSR count). The SMILES string of the molecule is CCCCOC1CCC2C3CCC(OC)C(S)C3OC2C1C. The molecular weight excluding hydrogens is 296 g/mol. The average Bonchev–Trinajstić information content (AvgIpc) is 2.91. The van der Waals surface area contributed by atoms with Crippen LogP contribution in [-0.4, -0.2) is 43.4 Å². The molecule has 0 bridgehead atoms. The van der Waals surface area contributed by atoms with Gasteiger partial charge in [0.05, 0.1) is 29.7 Å². The summed E-state index contributed by atoms with van der Waals surface area (Å²) in [6.07, 6.45) is 8.44. The summed E-state index contributed by atoms with van der Waals surface area (Å²) in [6, 6.07) is 0. The monoisotopic (exact) mass is 328 g/mol. The minimum atomic E-state index is 0.223. The molecule has 0 aromatic rings. The summed E-state index contributed by atoms with van der Waals surface area (Å²) in [5, 5.41) is 0.223. The second-order valence-corrected chi connectivity index (χ2v) is 8.03. The van der Waals surface area contributed by atoms with Crippen LogP contribution in [0.1, 0.15) is 52.4 Å². The maximum absolute atomic E-state index is 6.53. The van der Waals surface area contributed by atoms with Crippen molar-refractivity contribution >= 4 is 12.6 Å². The van der Waals surface area contributed by atoms with E-state index in [1.165, 1.54) is 25.7 Å². The summed E-state index contributed by atoms with van der Waals surface area (Å²) in [7, 11) is 1.80. The Balaban J connectivity index is 1.63. The summed E-state index contributed by atoms with van der Waals surface area (Å²) in [5.74, 6) is 1.89. The molecule has 0 radical (unpaired) electrons. The molecule has 3 aliphatic rings. The standard InChI is InChI=1S/C18H32O3S/c1-4-5-10-20-14-8-6-12-13-7-9-15(19-3)18(22)17(13)21-16(12)11(14)2/h11-18,22H,4-10H2,1-3H3. The summed E-state index contributed by atoms with van der Waals surface area (Å²) >= 11 is 4.83. The molecule has 0 aromatic carbocycles. The summed E-state index contributed by atoms with van der Waals surface area (Å²) < 4.78 is 18.3. The molecule has 0 aromatic heterocycles. The highest BCUT2D eigenvalue weighted by molar-refractivity contribution is 7.81. The molecule has 0 spiro atoms. The highest BCUT2D eigenvalue weighted by atomic mass is 32.1. The Morgan fingerprint density at radius 3 is 2.41 bits per heavy atom. The van der Waals surface area contributed by atoms with Crippen LogP contribution in [0.3, 0.4) is 0 Å². The molecule has 8 unspecified atom stereocenters. The molecule has 2 aliphatic carbocycles. The summed E-state index contributed by atoms with van der Waals surface area (Å²) in [6.45, 7) is 5.44. The highest BCUT2D eigenvalue weighted by Crippen LogP contribution is 2.50. The smallest absolute Gasteiger partial charge is 0.0752 e. The van der Waals surface area contributed by atoms with Gasteiger partial charge in [-0.05, 0) is 43.9 Å². The average molecular weight is 329 g/mol. The molecule has 8 atom stereocenters. The predicted molar refractivity (Wildman–Crippen MR) is 91.5 cm³/mol. The third-order valence-corrected chi connectivity index (χ3v) is 6.86. The Labute approximate surface area is 140 Å². The Morgan fingerprint density at radius 1 is 1.05 bits per heavy atom. The highest BCUT2D eigenvalue weighted by Gasteiger charge is 2.54. The van der Waals surface area contributed by atoms with Crippen LogP contribution in [0.25, 0.3) is 0 Å². The van der Waals surface area contributed by atoms with Gasteiger partial charge < -0.3 is 14.2 Å². The molecule has 0 amide bonds. The van der Waals surface area contributed by atoms with Crippen LogP contribution in [-0.2, 0) is 14.2 Å². The van der Waals surface area contributed by atoms with Crippen molar-refractivity contribution in [2.45, 2.75) is 82.0 Å². The minimum absolute atomic E-state index is 0.223. The lowest BCUT2D eigenvalue weighted by Gasteiger charge is -2.39. The quantitative estimate of drug-likeness (QED) is 0.616.